The summed E-state index contributed by atoms with van der Waals surface area (Å²) in [6.07, 6.45) is 1.02. The molecule has 1 aromatic carbocycles. The molecule has 2 unspecified atom stereocenters. The molecule has 1 aromatic heterocycles. The second kappa shape index (κ2) is 7.22. The van der Waals surface area contributed by atoms with Gasteiger partial charge in [-0.2, -0.15) is 0 Å². The molecule has 3 nitrogen and oxygen atoms in total. The fourth-order valence-electron chi connectivity index (χ4n) is 2.28. The SMILES string of the molecule is CCC(NC(CC(=O)O)c1cccs1)c1ccccc1. The van der Waals surface area contributed by atoms with Crippen molar-refractivity contribution >= 4 is 17.3 Å². The fraction of sp³-hybridized carbons (Fsp3) is 0.312. The molecule has 0 fully saturated rings. The molecule has 4 heteroatoms. The van der Waals surface area contributed by atoms with E-state index in [1.165, 1.54) is 5.56 Å². The molecule has 106 valence electrons. The van der Waals surface area contributed by atoms with Gasteiger partial charge in [-0.15, -0.1) is 11.3 Å². The predicted molar refractivity (Wildman–Crippen MR) is 81.9 cm³/mol. The number of carbonyl (C=O) groups is 1. The lowest BCUT2D eigenvalue weighted by Crippen LogP contribution is -2.27. The monoisotopic (exact) mass is 289 g/mol. The first-order valence-electron chi connectivity index (χ1n) is 6.77. The number of aliphatic carboxylic acids is 1. The Labute approximate surface area is 123 Å². The molecule has 20 heavy (non-hydrogen) atoms. The summed E-state index contributed by atoms with van der Waals surface area (Å²) in [5.41, 5.74) is 1.20. The molecule has 0 aliphatic rings. The summed E-state index contributed by atoms with van der Waals surface area (Å²) >= 11 is 1.59. The number of carboxylic acids is 1. The van der Waals surface area contributed by atoms with E-state index in [1.54, 1.807) is 11.3 Å². The van der Waals surface area contributed by atoms with Crippen LogP contribution in [-0.2, 0) is 4.79 Å². The molecule has 0 bridgehead atoms. The van der Waals surface area contributed by atoms with Gasteiger partial charge in [-0.05, 0) is 23.4 Å². The highest BCUT2D eigenvalue weighted by Crippen LogP contribution is 2.27. The predicted octanol–water partition coefficient (Wildman–Crippen LogP) is 4.00. The van der Waals surface area contributed by atoms with E-state index >= 15 is 0 Å². The highest BCUT2D eigenvalue weighted by atomic mass is 32.1. The molecule has 2 atom stereocenters. The summed E-state index contributed by atoms with van der Waals surface area (Å²) in [5.74, 6) is -0.779. The van der Waals surface area contributed by atoms with Crippen LogP contribution in [0, 0.1) is 0 Å². The van der Waals surface area contributed by atoms with E-state index in [0.717, 1.165) is 11.3 Å². The van der Waals surface area contributed by atoms with Gasteiger partial charge in [-0.3, -0.25) is 4.79 Å². The van der Waals surface area contributed by atoms with Gasteiger partial charge in [0.1, 0.15) is 0 Å². The Balaban J connectivity index is 2.15. The van der Waals surface area contributed by atoms with Crippen molar-refractivity contribution in [2.24, 2.45) is 0 Å². The lowest BCUT2D eigenvalue weighted by molar-refractivity contribution is -0.137. The van der Waals surface area contributed by atoms with Crippen LogP contribution < -0.4 is 5.32 Å². The molecular formula is C16H19NO2S. The van der Waals surface area contributed by atoms with Gasteiger partial charge in [0.15, 0.2) is 0 Å². The maximum Gasteiger partial charge on any atom is 0.305 e. The minimum absolute atomic E-state index is 0.101. The molecule has 0 saturated heterocycles. The van der Waals surface area contributed by atoms with Crippen LogP contribution in [0.5, 0.6) is 0 Å². The zero-order chi connectivity index (χ0) is 14.4. The van der Waals surface area contributed by atoms with Crippen molar-refractivity contribution in [2.45, 2.75) is 31.8 Å². The Bertz CT molecular complexity index is 525. The smallest absolute Gasteiger partial charge is 0.305 e. The summed E-state index contributed by atoms with van der Waals surface area (Å²) in [7, 11) is 0. The third-order valence-corrected chi connectivity index (χ3v) is 4.26. The summed E-state index contributed by atoms with van der Waals surface area (Å²) < 4.78 is 0. The van der Waals surface area contributed by atoms with Crippen molar-refractivity contribution in [3.05, 3.63) is 58.3 Å². The van der Waals surface area contributed by atoms with Gasteiger partial charge >= 0.3 is 5.97 Å². The topological polar surface area (TPSA) is 49.3 Å². The minimum Gasteiger partial charge on any atom is -0.481 e. The molecular weight excluding hydrogens is 270 g/mol. The third kappa shape index (κ3) is 3.92. The average molecular weight is 289 g/mol. The van der Waals surface area contributed by atoms with Crippen LogP contribution in [0.1, 0.15) is 42.3 Å². The van der Waals surface area contributed by atoms with Gasteiger partial charge in [0.25, 0.3) is 0 Å². The summed E-state index contributed by atoms with van der Waals surface area (Å²) in [4.78, 5) is 12.1. The Morgan fingerprint density at radius 2 is 1.95 bits per heavy atom. The van der Waals surface area contributed by atoms with Crippen molar-refractivity contribution in [1.82, 2.24) is 5.32 Å². The second-order valence-electron chi connectivity index (χ2n) is 4.70. The van der Waals surface area contributed by atoms with Gasteiger partial charge < -0.3 is 10.4 Å². The number of nitrogens with one attached hydrogen (secondary N) is 1. The van der Waals surface area contributed by atoms with Gasteiger partial charge in [0.2, 0.25) is 0 Å². The first-order valence-corrected chi connectivity index (χ1v) is 7.65. The Hall–Kier alpha value is -1.65. The highest BCUT2D eigenvalue weighted by molar-refractivity contribution is 7.10. The van der Waals surface area contributed by atoms with Gasteiger partial charge in [-0.25, -0.2) is 0 Å². The number of hydrogen-bond acceptors (Lipinski definition) is 3. The first kappa shape index (κ1) is 14.8. The largest absolute Gasteiger partial charge is 0.481 e. The molecule has 0 aliphatic heterocycles. The van der Waals surface area contributed by atoms with Gasteiger partial charge in [0.05, 0.1) is 12.5 Å². The van der Waals surface area contributed by atoms with E-state index in [4.69, 9.17) is 5.11 Å². The lowest BCUT2D eigenvalue weighted by Gasteiger charge is -2.24. The number of benzene rings is 1. The van der Waals surface area contributed by atoms with Crippen molar-refractivity contribution < 1.29 is 9.90 Å². The standard InChI is InChI=1S/C16H19NO2S/c1-2-13(12-7-4-3-5-8-12)17-14(11-16(18)19)15-9-6-10-20-15/h3-10,13-14,17H,2,11H2,1H3,(H,18,19). The molecule has 2 aromatic rings. The maximum absolute atomic E-state index is 11.1. The van der Waals surface area contributed by atoms with Crippen molar-refractivity contribution in [2.75, 3.05) is 0 Å². The van der Waals surface area contributed by atoms with E-state index in [9.17, 15) is 4.79 Å². The van der Waals surface area contributed by atoms with Crippen LogP contribution in [0.3, 0.4) is 0 Å². The van der Waals surface area contributed by atoms with E-state index in [2.05, 4.69) is 24.4 Å². The average Bonchev–Trinajstić information content (AvgIpc) is 2.98. The zero-order valence-corrected chi connectivity index (χ0v) is 12.3. The molecule has 2 rings (SSSR count). The van der Waals surface area contributed by atoms with Crippen LogP contribution in [0.25, 0.3) is 0 Å². The van der Waals surface area contributed by atoms with Crippen LogP contribution >= 0.6 is 11.3 Å². The van der Waals surface area contributed by atoms with E-state index < -0.39 is 5.97 Å². The lowest BCUT2D eigenvalue weighted by atomic mass is 10.0. The van der Waals surface area contributed by atoms with E-state index in [0.29, 0.717) is 0 Å². The normalized spacial score (nSPS) is 13.8. The molecule has 0 amide bonds. The van der Waals surface area contributed by atoms with E-state index in [-0.39, 0.29) is 18.5 Å². The van der Waals surface area contributed by atoms with Crippen LogP contribution in [0.15, 0.2) is 47.8 Å². The maximum atomic E-state index is 11.1. The summed E-state index contributed by atoms with van der Waals surface area (Å²) in [5, 5.41) is 14.6. The Kier molecular flexibility index (Phi) is 5.32. The number of thiophene rings is 1. The fourth-order valence-corrected chi connectivity index (χ4v) is 3.07. The molecule has 0 radical (unpaired) electrons. The molecule has 1 heterocycles. The number of carboxylic acid groups (broad SMARTS) is 1. The third-order valence-electron chi connectivity index (χ3n) is 3.28. The number of hydrogen-bond donors (Lipinski definition) is 2. The summed E-state index contributed by atoms with van der Waals surface area (Å²) in [6, 6.07) is 14.1. The first-order chi connectivity index (χ1) is 9.70. The van der Waals surface area contributed by atoms with E-state index in [1.807, 2.05) is 35.7 Å². The number of rotatable bonds is 7. The van der Waals surface area contributed by atoms with Crippen LogP contribution in [0.2, 0.25) is 0 Å². The Morgan fingerprint density at radius 1 is 1.20 bits per heavy atom. The van der Waals surface area contributed by atoms with Crippen molar-refractivity contribution in [3.63, 3.8) is 0 Å². The van der Waals surface area contributed by atoms with Crippen molar-refractivity contribution in [1.29, 1.82) is 0 Å². The molecule has 0 spiro atoms. The molecule has 0 saturated carbocycles. The zero-order valence-electron chi connectivity index (χ0n) is 11.5. The second-order valence-corrected chi connectivity index (χ2v) is 5.68. The van der Waals surface area contributed by atoms with Crippen LogP contribution in [-0.4, -0.2) is 11.1 Å². The Morgan fingerprint density at radius 3 is 2.50 bits per heavy atom. The van der Waals surface area contributed by atoms with Crippen molar-refractivity contribution in [3.8, 4) is 0 Å². The van der Waals surface area contributed by atoms with Gasteiger partial charge in [-0.1, -0.05) is 43.3 Å². The summed E-state index contributed by atoms with van der Waals surface area (Å²) in [6.45, 7) is 2.11. The molecule has 2 N–H and O–H groups in total. The molecule has 0 aliphatic carbocycles. The van der Waals surface area contributed by atoms with Gasteiger partial charge in [0, 0.05) is 10.9 Å². The van der Waals surface area contributed by atoms with Crippen LogP contribution in [0.4, 0.5) is 0 Å². The highest BCUT2D eigenvalue weighted by Gasteiger charge is 2.20. The quantitative estimate of drug-likeness (QED) is 0.810. The minimum atomic E-state index is -0.779.